The highest BCUT2D eigenvalue weighted by Gasteiger charge is 2.18. The predicted octanol–water partition coefficient (Wildman–Crippen LogP) is 3.72. The highest BCUT2D eigenvalue weighted by molar-refractivity contribution is 7.81. The lowest BCUT2D eigenvalue weighted by Crippen LogP contribution is -2.03. The number of benzene rings is 1. The van der Waals surface area contributed by atoms with Crippen molar-refractivity contribution in [1.29, 1.82) is 0 Å². The van der Waals surface area contributed by atoms with Gasteiger partial charge < -0.3 is 9.51 Å². The lowest BCUT2D eigenvalue weighted by atomic mass is 10.1. The molecule has 2 nitrogen and oxygen atoms in total. The molecule has 0 saturated heterocycles. The first-order chi connectivity index (χ1) is 9.20. The van der Waals surface area contributed by atoms with Crippen molar-refractivity contribution in [2.45, 2.75) is 6.92 Å². The molecule has 94 valence electrons. The van der Waals surface area contributed by atoms with E-state index in [9.17, 15) is 5.11 Å². The number of rotatable bonds is 2. The van der Waals surface area contributed by atoms with E-state index in [0.29, 0.717) is 10.6 Å². The van der Waals surface area contributed by atoms with Gasteiger partial charge in [0.25, 0.3) is 0 Å². The molecule has 3 heteroatoms. The second-order valence-corrected chi connectivity index (χ2v) is 4.88. The fourth-order valence-electron chi connectivity index (χ4n) is 2.30. The van der Waals surface area contributed by atoms with Gasteiger partial charge in [0.1, 0.15) is 11.4 Å². The summed E-state index contributed by atoms with van der Waals surface area (Å²) in [5.41, 5.74) is 3.47. The van der Waals surface area contributed by atoms with Crippen molar-refractivity contribution in [3.8, 4) is 5.75 Å². The van der Waals surface area contributed by atoms with Gasteiger partial charge in [-0.3, -0.25) is 0 Å². The summed E-state index contributed by atoms with van der Waals surface area (Å²) in [6, 6.07) is 15.6. The first kappa shape index (κ1) is 11.9. The van der Waals surface area contributed by atoms with Gasteiger partial charge in [0.2, 0.25) is 0 Å². The van der Waals surface area contributed by atoms with Gasteiger partial charge in [-0.05, 0) is 24.6 Å². The topological polar surface area (TPSA) is 24.6 Å². The second kappa shape index (κ2) is 4.52. The highest BCUT2D eigenvalue weighted by atomic mass is 32.1. The number of hydrogen-bond acceptors (Lipinski definition) is 2. The number of pyridine rings is 1. The average Bonchev–Trinajstić information content (AvgIpc) is 2.72. The highest BCUT2D eigenvalue weighted by Crippen LogP contribution is 2.31. The van der Waals surface area contributed by atoms with E-state index in [4.69, 9.17) is 12.2 Å². The van der Waals surface area contributed by atoms with Gasteiger partial charge in [0.05, 0.1) is 10.4 Å². The van der Waals surface area contributed by atoms with Crippen LogP contribution in [0.15, 0.2) is 54.7 Å². The number of thiocarbonyl (C=S) groups is 1. The maximum atomic E-state index is 10.3. The van der Waals surface area contributed by atoms with Gasteiger partial charge in [-0.25, -0.2) is 0 Å². The molecular formula is C16H13NOS. The summed E-state index contributed by atoms with van der Waals surface area (Å²) < 4.78 is 1.94. The Hall–Kier alpha value is -2.13. The van der Waals surface area contributed by atoms with Crippen molar-refractivity contribution < 1.29 is 5.11 Å². The van der Waals surface area contributed by atoms with Gasteiger partial charge >= 0.3 is 0 Å². The minimum absolute atomic E-state index is 0.264. The van der Waals surface area contributed by atoms with Crippen LogP contribution in [0.1, 0.15) is 16.8 Å². The molecule has 0 amide bonds. The minimum Gasteiger partial charge on any atom is -0.505 e. The molecule has 0 bridgehead atoms. The molecule has 0 aliphatic rings. The molecule has 1 N–H and O–H groups in total. The summed E-state index contributed by atoms with van der Waals surface area (Å²) in [5, 5.41) is 10.3. The third kappa shape index (κ3) is 1.83. The maximum absolute atomic E-state index is 10.3. The molecule has 0 unspecified atom stereocenters. The summed E-state index contributed by atoms with van der Waals surface area (Å²) >= 11 is 5.53. The summed E-state index contributed by atoms with van der Waals surface area (Å²) in [6.07, 6.45) is 1.92. The van der Waals surface area contributed by atoms with Crippen LogP contribution in [-0.4, -0.2) is 14.4 Å². The largest absolute Gasteiger partial charge is 0.505 e. The molecule has 0 spiro atoms. The van der Waals surface area contributed by atoms with Crippen LogP contribution in [0.2, 0.25) is 0 Å². The molecule has 19 heavy (non-hydrogen) atoms. The first-order valence-electron chi connectivity index (χ1n) is 6.08. The quantitative estimate of drug-likeness (QED) is 0.565. The van der Waals surface area contributed by atoms with Crippen LogP contribution in [0.3, 0.4) is 0 Å². The molecule has 2 aromatic heterocycles. The zero-order chi connectivity index (χ0) is 13.4. The van der Waals surface area contributed by atoms with Crippen LogP contribution in [0.25, 0.3) is 5.52 Å². The lowest BCUT2D eigenvalue weighted by Gasteiger charge is -2.05. The average molecular weight is 267 g/mol. The summed E-state index contributed by atoms with van der Waals surface area (Å²) in [7, 11) is 0. The summed E-state index contributed by atoms with van der Waals surface area (Å²) in [6.45, 7) is 1.90. The molecule has 0 atom stereocenters. The van der Waals surface area contributed by atoms with Crippen molar-refractivity contribution in [2.75, 3.05) is 0 Å². The molecule has 0 saturated carbocycles. The van der Waals surface area contributed by atoms with E-state index in [1.165, 1.54) is 0 Å². The molecule has 0 radical (unpaired) electrons. The van der Waals surface area contributed by atoms with Gasteiger partial charge in [-0.2, -0.15) is 0 Å². The van der Waals surface area contributed by atoms with Crippen molar-refractivity contribution in [1.82, 2.24) is 4.40 Å². The Kier molecular flexibility index (Phi) is 2.84. The van der Waals surface area contributed by atoms with Crippen LogP contribution in [0, 0.1) is 6.92 Å². The van der Waals surface area contributed by atoms with Gasteiger partial charge in [-0.1, -0.05) is 48.6 Å². The van der Waals surface area contributed by atoms with E-state index in [2.05, 4.69) is 0 Å². The van der Waals surface area contributed by atoms with Crippen LogP contribution < -0.4 is 0 Å². The maximum Gasteiger partial charge on any atom is 0.146 e. The SMILES string of the molecule is Cc1c(O)c(C(=S)c2ccccc2)n2ccccc12. The van der Waals surface area contributed by atoms with Crippen molar-refractivity contribution in [2.24, 2.45) is 0 Å². The van der Waals surface area contributed by atoms with Crippen LogP contribution in [0.4, 0.5) is 0 Å². The van der Waals surface area contributed by atoms with Gasteiger partial charge in [0, 0.05) is 11.8 Å². The third-order valence-electron chi connectivity index (χ3n) is 3.32. The Morgan fingerprint density at radius 3 is 2.47 bits per heavy atom. The monoisotopic (exact) mass is 267 g/mol. The number of aromatic hydroxyl groups is 1. The Morgan fingerprint density at radius 2 is 1.74 bits per heavy atom. The number of fused-ring (bicyclic) bond motifs is 1. The molecule has 2 heterocycles. The fourth-order valence-corrected chi connectivity index (χ4v) is 2.63. The number of nitrogens with zero attached hydrogens (tertiary/aromatic N) is 1. The third-order valence-corrected chi connectivity index (χ3v) is 3.74. The van der Waals surface area contributed by atoms with Gasteiger partial charge in [-0.15, -0.1) is 0 Å². The van der Waals surface area contributed by atoms with E-state index in [1.807, 2.05) is 66.1 Å². The predicted molar refractivity (Wildman–Crippen MR) is 81.0 cm³/mol. The standard InChI is InChI=1S/C16H13NOS/c1-11-13-9-5-6-10-17(13)14(15(11)18)16(19)12-7-3-2-4-8-12/h2-10,18H,1H3. The fraction of sp³-hybridized carbons (Fsp3) is 0.0625. The molecule has 3 rings (SSSR count). The van der Waals surface area contributed by atoms with E-state index in [0.717, 1.165) is 16.6 Å². The number of aryl methyl sites for hydroxylation is 1. The summed E-state index contributed by atoms with van der Waals surface area (Å²) in [5.74, 6) is 0.264. The molecule has 0 aliphatic heterocycles. The zero-order valence-corrected chi connectivity index (χ0v) is 11.3. The normalized spacial score (nSPS) is 10.8. The Balaban J connectivity index is 2.26. The van der Waals surface area contributed by atoms with E-state index >= 15 is 0 Å². The Morgan fingerprint density at radius 1 is 1.05 bits per heavy atom. The van der Waals surface area contributed by atoms with Crippen LogP contribution in [-0.2, 0) is 0 Å². The van der Waals surface area contributed by atoms with E-state index < -0.39 is 0 Å². The van der Waals surface area contributed by atoms with Crippen molar-refractivity contribution in [3.63, 3.8) is 0 Å². The first-order valence-corrected chi connectivity index (χ1v) is 6.49. The minimum atomic E-state index is 0.264. The van der Waals surface area contributed by atoms with Gasteiger partial charge in [0.15, 0.2) is 0 Å². The van der Waals surface area contributed by atoms with Crippen molar-refractivity contribution >= 4 is 22.6 Å². The number of hydrogen-bond donors (Lipinski definition) is 1. The lowest BCUT2D eigenvalue weighted by molar-refractivity contribution is 0.471. The summed E-state index contributed by atoms with van der Waals surface area (Å²) in [4.78, 5) is 0.660. The molecule has 0 aliphatic carbocycles. The molecule has 1 aromatic carbocycles. The Bertz CT molecular complexity index is 759. The number of aromatic nitrogens is 1. The molecule has 0 fully saturated rings. The Labute approximate surface area is 116 Å². The van der Waals surface area contributed by atoms with E-state index in [-0.39, 0.29) is 5.75 Å². The van der Waals surface area contributed by atoms with E-state index in [1.54, 1.807) is 0 Å². The smallest absolute Gasteiger partial charge is 0.146 e. The van der Waals surface area contributed by atoms with Crippen molar-refractivity contribution in [3.05, 3.63) is 71.5 Å². The van der Waals surface area contributed by atoms with Crippen LogP contribution in [0.5, 0.6) is 5.75 Å². The zero-order valence-electron chi connectivity index (χ0n) is 10.5. The second-order valence-electron chi connectivity index (χ2n) is 4.47. The molecule has 3 aromatic rings. The molecular weight excluding hydrogens is 254 g/mol. The van der Waals surface area contributed by atoms with Crippen LogP contribution >= 0.6 is 12.2 Å².